The highest BCUT2D eigenvalue weighted by atomic mass is 127. The average Bonchev–Trinajstić information content (AvgIpc) is 2.92. The second-order valence-corrected chi connectivity index (χ2v) is 7.31. The van der Waals surface area contributed by atoms with E-state index < -0.39 is 17.5 Å². The van der Waals surface area contributed by atoms with E-state index in [1.165, 1.54) is 0 Å². The Morgan fingerprint density at radius 1 is 0.920 bits per heavy atom. The van der Waals surface area contributed by atoms with E-state index in [-0.39, 0.29) is 5.78 Å². The van der Waals surface area contributed by atoms with Crippen molar-refractivity contribution < 1.29 is 19.1 Å². The van der Waals surface area contributed by atoms with Gasteiger partial charge < -0.3 is 9.47 Å². The molecule has 25 heavy (non-hydrogen) atoms. The Labute approximate surface area is 157 Å². The first-order valence-electron chi connectivity index (χ1n) is 7.85. The van der Waals surface area contributed by atoms with Crippen molar-refractivity contribution in [1.82, 2.24) is 0 Å². The Balaban J connectivity index is 1.89. The standard InChI is InChI=1S/C20H11IO4/c21-14-9-10-16-17(18(14)22)20(13-7-3-4-8-15(13)24-16)12-6-2-1-5-11(12)19(23)25-20/h1-10,17H. The fourth-order valence-electron chi connectivity index (χ4n) is 3.88. The number of esters is 1. The molecule has 2 atom stereocenters. The van der Waals surface area contributed by atoms with Gasteiger partial charge in [0.2, 0.25) is 0 Å². The summed E-state index contributed by atoms with van der Waals surface area (Å²) in [7, 11) is 0. The average molecular weight is 442 g/mol. The summed E-state index contributed by atoms with van der Waals surface area (Å²) in [4.78, 5) is 25.7. The molecule has 0 bridgehead atoms. The second-order valence-electron chi connectivity index (χ2n) is 6.15. The van der Waals surface area contributed by atoms with E-state index in [2.05, 4.69) is 0 Å². The van der Waals surface area contributed by atoms with Crippen molar-refractivity contribution >= 4 is 34.3 Å². The van der Waals surface area contributed by atoms with Crippen LogP contribution in [0.3, 0.4) is 0 Å². The molecule has 2 unspecified atom stereocenters. The molecule has 2 aliphatic heterocycles. The number of ether oxygens (including phenoxy) is 2. The van der Waals surface area contributed by atoms with Crippen LogP contribution in [0.2, 0.25) is 0 Å². The van der Waals surface area contributed by atoms with Crippen molar-refractivity contribution in [3.8, 4) is 5.75 Å². The summed E-state index contributed by atoms with van der Waals surface area (Å²) in [5, 5.41) is 0. The van der Waals surface area contributed by atoms with Gasteiger partial charge in [0, 0.05) is 11.1 Å². The molecule has 0 radical (unpaired) electrons. The molecular weight excluding hydrogens is 431 g/mol. The minimum absolute atomic E-state index is 0.0999. The minimum Gasteiger partial charge on any atom is -0.460 e. The molecule has 5 rings (SSSR count). The molecule has 2 heterocycles. The number of benzene rings is 2. The SMILES string of the molecule is O=C1OC2(c3ccccc3OC3=CC=C(I)C(=O)C32)c2ccccc21. The normalized spacial score (nSPS) is 26.0. The number of allylic oxidation sites excluding steroid dienone is 3. The van der Waals surface area contributed by atoms with Gasteiger partial charge in [-0.05, 0) is 46.9 Å². The molecule has 0 amide bonds. The lowest BCUT2D eigenvalue weighted by Gasteiger charge is -2.42. The lowest BCUT2D eigenvalue weighted by Crippen LogP contribution is -2.47. The molecule has 5 heteroatoms. The minimum atomic E-state index is -1.18. The third kappa shape index (κ3) is 1.81. The molecule has 3 aliphatic rings. The fourth-order valence-corrected chi connectivity index (χ4v) is 4.37. The van der Waals surface area contributed by atoms with Crippen molar-refractivity contribution in [1.29, 1.82) is 0 Å². The molecule has 2 aromatic carbocycles. The zero-order valence-electron chi connectivity index (χ0n) is 12.9. The van der Waals surface area contributed by atoms with E-state index >= 15 is 0 Å². The number of hydrogen-bond acceptors (Lipinski definition) is 4. The van der Waals surface area contributed by atoms with Crippen molar-refractivity contribution in [3.63, 3.8) is 0 Å². The maximum absolute atomic E-state index is 13.1. The summed E-state index contributed by atoms with van der Waals surface area (Å²) in [6, 6.07) is 14.7. The Bertz CT molecular complexity index is 1020. The van der Waals surface area contributed by atoms with E-state index in [0.717, 1.165) is 0 Å². The lowest BCUT2D eigenvalue weighted by molar-refractivity contribution is -0.126. The summed E-state index contributed by atoms with van der Waals surface area (Å²) in [5.74, 6) is -0.116. The lowest BCUT2D eigenvalue weighted by atomic mass is 9.70. The number of para-hydroxylation sites is 1. The first-order chi connectivity index (χ1) is 12.1. The van der Waals surface area contributed by atoms with Crippen molar-refractivity contribution in [2.24, 2.45) is 5.92 Å². The van der Waals surface area contributed by atoms with E-state index in [1.807, 2.05) is 59.0 Å². The zero-order chi connectivity index (χ0) is 17.2. The molecule has 1 aliphatic carbocycles. The molecule has 1 spiro atoms. The van der Waals surface area contributed by atoms with Gasteiger partial charge in [0.05, 0.1) is 9.14 Å². The first kappa shape index (κ1) is 14.9. The van der Waals surface area contributed by atoms with Crippen LogP contribution in [0.5, 0.6) is 5.75 Å². The van der Waals surface area contributed by atoms with Gasteiger partial charge >= 0.3 is 5.97 Å². The van der Waals surface area contributed by atoms with Crippen LogP contribution in [0.25, 0.3) is 0 Å². The maximum Gasteiger partial charge on any atom is 0.339 e. The molecule has 0 saturated carbocycles. The van der Waals surface area contributed by atoms with E-state index in [9.17, 15) is 9.59 Å². The fraction of sp³-hybridized carbons (Fsp3) is 0.100. The maximum atomic E-state index is 13.1. The summed E-state index contributed by atoms with van der Waals surface area (Å²) in [6.45, 7) is 0. The monoisotopic (exact) mass is 442 g/mol. The molecule has 0 saturated heterocycles. The molecule has 2 aromatic rings. The number of carbonyl (C=O) groups is 2. The first-order valence-corrected chi connectivity index (χ1v) is 8.92. The summed E-state index contributed by atoms with van der Waals surface area (Å²) >= 11 is 2.02. The predicted molar refractivity (Wildman–Crippen MR) is 98.4 cm³/mol. The van der Waals surface area contributed by atoms with Crippen LogP contribution in [0, 0.1) is 5.92 Å². The quantitative estimate of drug-likeness (QED) is 0.459. The van der Waals surface area contributed by atoms with Gasteiger partial charge in [-0.1, -0.05) is 36.4 Å². The number of hydrogen-bond donors (Lipinski definition) is 0. The van der Waals surface area contributed by atoms with Crippen molar-refractivity contribution in [2.45, 2.75) is 5.60 Å². The van der Waals surface area contributed by atoms with Crippen LogP contribution < -0.4 is 4.74 Å². The Morgan fingerprint density at radius 3 is 2.48 bits per heavy atom. The third-order valence-corrected chi connectivity index (χ3v) is 5.79. The number of carbonyl (C=O) groups excluding carboxylic acids is 2. The largest absolute Gasteiger partial charge is 0.460 e. The van der Waals surface area contributed by atoms with E-state index in [1.54, 1.807) is 24.3 Å². The molecule has 0 aromatic heterocycles. The van der Waals surface area contributed by atoms with Gasteiger partial charge in [-0.25, -0.2) is 4.79 Å². The number of Topliss-reactive ketones (excluding diaryl/α,β-unsaturated/α-hetero) is 1. The number of halogens is 1. The van der Waals surface area contributed by atoms with Crippen LogP contribution in [0.1, 0.15) is 21.5 Å². The summed E-state index contributed by atoms with van der Waals surface area (Å²) < 4.78 is 12.5. The Kier molecular flexibility index (Phi) is 3.01. The number of fused-ring (bicyclic) bond motifs is 6. The van der Waals surface area contributed by atoms with Gasteiger partial charge in [0.15, 0.2) is 11.4 Å². The Hall–Kier alpha value is -2.41. The highest BCUT2D eigenvalue weighted by molar-refractivity contribution is 14.1. The molecule has 122 valence electrons. The topological polar surface area (TPSA) is 52.6 Å². The van der Waals surface area contributed by atoms with Gasteiger partial charge in [-0.15, -0.1) is 0 Å². The van der Waals surface area contributed by atoms with Crippen molar-refractivity contribution in [3.05, 3.63) is 86.7 Å². The highest BCUT2D eigenvalue weighted by Gasteiger charge is 2.60. The zero-order valence-corrected chi connectivity index (χ0v) is 15.0. The van der Waals surface area contributed by atoms with Crippen LogP contribution in [-0.4, -0.2) is 11.8 Å². The summed E-state index contributed by atoms with van der Waals surface area (Å²) in [5.41, 5.74) is 0.729. The van der Waals surface area contributed by atoms with Crippen LogP contribution in [0.4, 0.5) is 0 Å². The van der Waals surface area contributed by atoms with Crippen LogP contribution in [0.15, 0.2) is 70.0 Å². The van der Waals surface area contributed by atoms with Gasteiger partial charge in [0.25, 0.3) is 0 Å². The van der Waals surface area contributed by atoms with E-state index in [0.29, 0.717) is 31.8 Å². The molecule has 0 N–H and O–H groups in total. The Morgan fingerprint density at radius 2 is 1.64 bits per heavy atom. The van der Waals surface area contributed by atoms with Crippen LogP contribution >= 0.6 is 22.6 Å². The predicted octanol–water partition coefficient (Wildman–Crippen LogP) is 3.89. The number of ketones is 1. The third-order valence-electron chi connectivity index (χ3n) is 4.90. The van der Waals surface area contributed by atoms with Gasteiger partial charge in [-0.3, -0.25) is 4.79 Å². The van der Waals surface area contributed by atoms with Gasteiger partial charge in [-0.2, -0.15) is 0 Å². The number of rotatable bonds is 0. The smallest absolute Gasteiger partial charge is 0.339 e. The van der Waals surface area contributed by atoms with E-state index in [4.69, 9.17) is 9.47 Å². The van der Waals surface area contributed by atoms with Crippen LogP contribution in [-0.2, 0) is 15.1 Å². The summed E-state index contributed by atoms with van der Waals surface area (Å²) in [6.07, 6.45) is 3.53. The second kappa shape index (κ2) is 5.05. The van der Waals surface area contributed by atoms with Gasteiger partial charge in [0.1, 0.15) is 17.4 Å². The molecular formula is C20H11IO4. The van der Waals surface area contributed by atoms with Crippen molar-refractivity contribution in [2.75, 3.05) is 0 Å². The highest BCUT2D eigenvalue weighted by Crippen LogP contribution is 2.56. The molecule has 0 fully saturated rings. The molecule has 4 nitrogen and oxygen atoms in total.